The molecule has 0 fully saturated rings. The Kier molecular flexibility index (Phi) is 8.20. The summed E-state index contributed by atoms with van der Waals surface area (Å²) in [5, 5.41) is 10.9. The van der Waals surface area contributed by atoms with Crippen molar-refractivity contribution in [3.63, 3.8) is 0 Å². The number of benzene rings is 2. The molecular formula is C19H20INO5. The summed E-state index contributed by atoms with van der Waals surface area (Å²) < 4.78 is 12.4. The maximum Gasteiger partial charge on any atom is 0.404 e. The highest BCUT2D eigenvalue weighted by atomic mass is 127. The van der Waals surface area contributed by atoms with Gasteiger partial charge in [0.25, 0.3) is 0 Å². The maximum absolute atomic E-state index is 10.5. The van der Waals surface area contributed by atoms with E-state index < -0.39 is 6.09 Å². The first-order valence-corrected chi connectivity index (χ1v) is 9.26. The second-order valence-corrected chi connectivity index (χ2v) is 6.64. The molecule has 26 heavy (non-hydrogen) atoms. The Morgan fingerprint density at radius 1 is 1.15 bits per heavy atom. The number of rotatable bonds is 10. The van der Waals surface area contributed by atoms with Gasteiger partial charge in [0, 0.05) is 13.0 Å². The van der Waals surface area contributed by atoms with E-state index in [1.807, 2.05) is 42.5 Å². The van der Waals surface area contributed by atoms with Gasteiger partial charge in [-0.15, -0.1) is 0 Å². The summed E-state index contributed by atoms with van der Waals surface area (Å²) in [5.41, 5.74) is 1.04. The molecule has 0 unspecified atom stereocenters. The first-order valence-electron chi connectivity index (χ1n) is 8.18. The summed E-state index contributed by atoms with van der Waals surface area (Å²) in [7, 11) is 0. The topological polar surface area (TPSA) is 84.9 Å². The van der Waals surface area contributed by atoms with E-state index in [4.69, 9.17) is 14.6 Å². The van der Waals surface area contributed by atoms with Crippen molar-refractivity contribution in [1.82, 2.24) is 5.32 Å². The van der Waals surface area contributed by atoms with Crippen LogP contribution < -0.4 is 14.8 Å². The lowest BCUT2D eigenvalue weighted by Crippen LogP contribution is -2.23. The Morgan fingerprint density at radius 3 is 2.54 bits per heavy atom. The number of unbranched alkanes of at least 4 members (excludes halogenated alkanes) is 1. The molecule has 2 rings (SSSR count). The van der Waals surface area contributed by atoms with Crippen LogP contribution in [0.15, 0.2) is 42.5 Å². The molecule has 2 aromatic carbocycles. The Bertz CT molecular complexity index is 733. The van der Waals surface area contributed by atoms with Crippen molar-refractivity contribution in [1.29, 1.82) is 0 Å². The summed E-state index contributed by atoms with van der Waals surface area (Å²) in [4.78, 5) is 20.7. The summed E-state index contributed by atoms with van der Waals surface area (Å²) in [6.07, 6.45) is 1.70. The van der Waals surface area contributed by atoms with Gasteiger partial charge in [0.1, 0.15) is 23.5 Å². The number of halogens is 1. The van der Waals surface area contributed by atoms with Crippen molar-refractivity contribution in [3.05, 3.63) is 51.6 Å². The van der Waals surface area contributed by atoms with Gasteiger partial charge in [-0.3, -0.25) is 0 Å². The second kappa shape index (κ2) is 10.6. The third kappa shape index (κ3) is 6.91. The molecule has 7 heteroatoms. The van der Waals surface area contributed by atoms with E-state index in [-0.39, 0.29) is 0 Å². The first-order chi connectivity index (χ1) is 12.6. The number of aldehydes is 1. The van der Waals surface area contributed by atoms with Crippen molar-refractivity contribution < 1.29 is 24.2 Å². The van der Waals surface area contributed by atoms with E-state index in [0.717, 1.165) is 26.9 Å². The minimum Gasteiger partial charge on any atom is -0.494 e. The molecule has 0 saturated carbocycles. The van der Waals surface area contributed by atoms with Crippen molar-refractivity contribution in [2.45, 2.75) is 19.3 Å². The van der Waals surface area contributed by atoms with Crippen LogP contribution >= 0.6 is 22.6 Å². The highest BCUT2D eigenvalue weighted by Crippen LogP contribution is 2.29. The molecule has 2 aromatic rings. The Balaban J connectivity index is 1.89. The molecule has 138 valence electrons. The number of carbonyl (C=O) groups excluding carboxylic acids is 1. The van der Waals surface area contributed by atoms with E-state index in [9.17, 15) is 9.59 Å². The van der Waals surface area contributed by atoms with Crippen molar-refractivity contribution in [2.75, 3.05) is 13.2 Å². The Labute approximate surface area is 165 Å². The molecule has 0 atom stereocenters. The normalized spacial score (nSPS) is 10.2. The van der Waals surface area contributed by atoms with E-state index in [2.05, 4.69) is 27.9 Å². The van der Waals surface area contributed by atoms with Crippen molar-refractivity contribution in [2.24, 2.45) is 0 Å². The molecule has 0 aliphatic heterocycles. The van der Waals surface area contributed by atoms with Crippen LogP contribution in [0.25, 0.3) is 0 Å². The Morgan fingerprint density at radius 2 is 1.88 bits per heavy atom. The lowest BCUT2D eigenvalue weighted by molar-refractivity contribution is -0.108. The van der Waals surface area contributed by atoms with Gasteiger partial charge in [-0.1, -0.05) is 6.07 Å². The van der Waals surface area contributed by atoms with E-state index in [1.54, 1.807) is 0 Å². The largest absolute Gasteiger partial charge is 0.494 e. The molecule has 0 aromatic heterocycles. The van der Waals surface area contributed by atoms with Crippen LogP contribution in [-0.4, -0.2) is 30.6 Å². The summed E-state index contributed by atoms with van der Waals surface area (Å²) in [6, 6.07) is 13.1. The molecule has 0 spiro atoms. The molecule has 1 amide bonds. The molecule has 6 nitrogen and oxygen atoms in total. The standard InChI is InChI=1S/C19H20INO5/c20-17-13-14(9-10-21-19(23)24)3-8-18(17)26-16-6-4-15(5-7-16)25-12-2-1-11-22/h3-8,11,13,21H,1-2,9-10,12H2,(H,23,24). The zero-order valence-corrected chi connectivity index (χ0v) is 16.3. The molecule has 0 heterocycles. The minimum absolute atomic E-state index is 0.375. The van der Waals surface area contributed by atoms with Crippen LogP contribution in [0.5, 0.6) is 17.2 Å². The van der Waals surface area contributed by atoms with Gasteiger partial charge in [-0.2, -0.15) is 0 Å². The zero-order valence-electron chi connectivity index (χ0n) is 14.1. The monoisotopic (exact) mass is 469 g/mol. The summed E-state index contributed by atoms with van der Waals surface area (Å²) >= 11 is 2.20. The zero-order chi connectivity index (χ0) is 18.8. The van der Waals surface area contributed by atoms with E-state index >= 15 is 0 Å². The van der Waals surface area contributed by atoms with Crippen LogP contribution in [0.4, 0.5) is 4.79 Å². The average Bonchev–Trinajstić information content (AvgIpc) is 2.62. The number of amides is 1. The lowest BCUT2D eigenvalue weighted by Gasteiger charge is -2.11. The van der Waals surface area contributed by atoms with Crippen LogP contribution in [0.3, 0.4) is 0 Å². The molecular weight excluding hydrogens is 449 g/mol. The quantitative estimate of drug-likeness (QED) is 0.309. The molecule has 0 aliphatic carbocycles. The van der Waals surface area contributed by atoms with E-state index in [1.165, 1.54) is 0 Å². The van der Waals surface area contributed by atoms with E-state index in [0.29, 0.717) is 38.2 Å². The third-order valence-corrected chi connectivity index (χ3v) is 4.32. The molecule has 2 N–H and O–H groups in total. The van der Waals surface area contributed by atoms with Crippen LogP contribution in [0, 0.1) is 3.57 Å². The Hall–Kier alpha value is -2.29. The number of hydrogen-bond donors (Lipinski definition) is 2. The highest BCUT2D eigenvalue weighted by Gasteiger charge is 2.05. The van der Waals surface area contributed by atoms with Gasteiger partial charge < -0.3 is 24.7 Å². The summed E-state index contributed by atoms with van der Waals surface area (Å²) in [5.74, 6) is 2.17. The van der Waals surface area contributed by atoms with Gasteiger partial charge in [-0.05, 0) is 77.4 Å². The van der Waals surface area contributed by atoms with Gasteiger partial charge in [0.2, 0.25) is 0 Å². The summed E-state index contributed by atoms with van der Waals surface area (Å²) in [6.45, 7) is 0.884. The van der Waals surface area contributed by atoms with Gasteiger partial charge >= 0.3 is 6.09 Å². The highest BCUT2D eigenvalue weighted by molar-refractivity contribution is 14.1. The number of carbonyl (C=O) groups is 2. The van der Waals surface area contributed by atoms with Gasteiger partial charge in [0.05, 0.1) is 10.2 Å². The average molecular weight is 469 g/mol. The smallest absolute Gasteiger partial charge is 0.404 e. The molecule has 0 bridgehead atoms. The van der Waals surface area contributed by atoms with Crippen LogP contribution in [0.2, 0.25) is 0 Å². The van der Waals surface area contributed by atoms with Gasteiger partial charge in [0.15, 0.2) is 0 Å². The number of carboxylic acid groups (broad SMARTS) is 1. The fourth-order valence-electron chi connectivity index (χ4n) is 2.18. The first kappa shape index (κ1) is 20.0. The maximum atomic E-state index is 10.5. The van der Waals surface area contributed by atoms with Crippen molar-refractivity contribution >= 4 is 35.0 Å². The lowest BCUT2D eigenvalue weighted by atomic mass is 10.1. The predicted molar refractivity (Wildman–Crippen MR) is 106 cm³/mol. The van der Waals surface area contributed by atoms with Crippen LogP contribution in [0.1, 0.15) is 18.4 Å². The molecule has 0 saturated heterocycles. The molecule has 0 aliphatic rings. The SMILES string of the molecule is O=CCCCOc1ccc(Oc2ccc(CCNC(=O)O)cc2I)cc1. The number of hydrogen-bond acceptors (Lipinski definition) is 4. The van der Waals surface area contributed by atoms with Crippen molar-refractivity contribution in [3.8, 4) is 17.2 Å². The third-order valence-electron chi connectivity index (χ3n) is 3.47. The number of nitrogens with one attached hydrogen (secondary N) is 1. The van der Waals surface area contributed by atoms with Gasteiger partial charge in [-0.25, -0.2) is 4.79 Å². The number of ether oxygens (including phenoxy) is 2. The minimum atomic E-state index is -1.02. The fourth-order valence-corrected chi connectivity index (χ4v) is 2.87. The fraction of sp³-hybridized carbons (Fsp3) is 0.263. The predicted octanol–water partition coefficient (Wildman–Crippen LogP) is 4.25. The second-order valence-electron chi connectivity index (χ2n) is 5.48. The molecule has 0 radical (unpaired) electrons. The van der Waals surface area contributed by atoms with Crippen LogP contribution in [-0.2, 0) is 11.2 Å².